The molecule has 2 heterocycles. The van der Waals surface area contributed by atoms with Crippen LogP contribution in [0.15, 0.2) is 48.8 Å². The second kappa shape index (κ2) is 7.29. The maximum Gasteiger partial charge on any atom is 0.328 e. The van der Waals surface area contributed by atoms with Crippen LogP contribution in [0.2, 0.25) is 0 Å². The first kappa shape index (κ1) is 16.9. The zero-order valence-corrected chi connectivity index (χ0v) is 13.6. The van der Waals surface area contributed by atoms with Gasteiger partial charge in [-0.15, -0.1) is 0 Å². The van der Waals surface area contributed by atoms with Crippen molar-refractivity contribution in [2.75, 3.05) is 13.7 Å². The smallest absolute Gasteiger partial charge is 0.328 e. The summed E-state index contributed by atoms with van der Waals surface area (Å²) in [6.07, 6.45) is 2.71. The van der Waals surface area contributed by atoms with Gasteiger partial charge in [-0.1, -0.05) is 12.1 Å². The van der Waals surface area contributed by atoms with E-state index in [2.05, 4.69) is 4.98 Å². The number of benzene rings is 1. The van der Waals surface area contributed by atoms with Crippen LogP contribution in [-0.4, -0.2) is 47.6 Å². The Bertz CT molecular complexity index is 769. The van der Waals surface area contributed by atoms with E-state index in [1.807, 2.05) is 0 Å². The fourth-order valence-corrected chi connectivity index (χ4v) is 2.84. The molecule has 6 nitrogen and oxygen atoms in total. The molecule has 1 aromatic carbocycles. The Morgan fingerprint density at radius 1 is 1.24 bits per heavy atom. The predicted molar refractivity (Wildman–Crippen MR) is 86.5 cm³/mol. The summed E-state index contributed by atoms with van der Waals surface area (Å²) in [5, 5.41) is 0. The largest absolute Gasteiger partial charge is 0.485 e. The molecule has 25 heavy (non-hydrogen) atoms. The summed E-state index contributed by atoms with van der Waals surface area (Å²) in [5.74, 6) is -1.28. The molecule has 0 N–H and O–H groups in total. The molecule has 1 saturated heterocycles. The average molecular weight is 344 g/mol. The number of hydrogen-bond donors (Lipinski definition) is 0. The maximum atomic E-state index is 13.8. The van der Waals surface area contributed by atoms with Crippen molar-refractivity contribution in [3.05, 3.63) is 60.2 Å². The van der Waals surface area contributed by atoms with Gasteiger partial charge in [-0.3, -0.25) is 9.78 Å². The third-order valence-electron chi connectivity index (χ3n) is 4.04. The molecule has 7 heteroatoms. The molecule has 3 rings (SSSR count). The van der Waals surface area contributed by atoms with E-state index in [-0.39, 0.29) is 24.6 Å². The third kappa shape index (κ3) is 3.60. The molecular formula is C18H17FN2O4. The quantitative estimate of drug-likeness (QED) is 0.794. The van der Waals surface area contributed by atoms with Crippen LogP contribution < -0.4 is 4.74 Å². The molecule has 2 aromatic rings. The van der Waals surface area contributed by atoms with Crippen LogP contribution in [0, 0.1) is 5.82 Å². The zero-order valence-electron chi connectivity index (χ0n) is 13.6. The fraction of sp³-hybridized carbons (Fsp3) is 0.278. The highest BCUT2D eigenvalue weighted by Crippen LogP contribution is 2.26. The highest BCUT2D eigenvalue weighted by Gasteiger charge is 2.42. The first-order valence-electron chi connectivity index (χ1n) is 7.80. The van der Waals surface area contributed by atoms with E-state index < -0.39 is 23.9 Å². The van der Waals surface area contributed by atoms with Crippen LogP contribution in [0.1, 0.15) is 16.8 Å². The summed E-state index contributed by atoms with van der Waals surface area (Å²) in [5.41, 5.74) is 0.364. The number of carbonyl (C=O) groups is 2. The normalized spacial score (nSPS) is 19.5. The monoisotopic (exact) mass is 344 g/mol. The summed E-state index contributed by atoms with van der Waals surface area (Å²) >= 11 is 0. The second-order valence-electron chi connectivity index (χ2n) is 5.64. The number of aromatic nitrogens is 1. The molecule has 1 aromatic heterocycles. The molecule has 1 aliphatic rings. The van der Waals surface area contributed by atoms with E-state index >= 15 is 0 Å². The van der Waals surface area contributed by atoms with Crippen molar-refractivity contribution in [3.63, 3.8) is 0 Å². The number of esters is 1. The maximum absolute atomic E-state index is 13.8. The number of methoxy groups -OCH3 is 1. The number of halogens is 1. The third-order valence-corrected chi connectivity index (χ3v) is 4.04. The van der Waals surface area contributed by atoms with Crippen LogP contribution in [0.3, 0.4) is 0 Å². The molecule has 1 amide bonds. The topological polar surface area (TPSA) is 68.7 Å². The van der Waals surface area contributed by atoms with E-state index in [1.165, 1.54) is 30.3 Å². The Hall–Kier alpha value is -2.96. The van der Waals surface area contributed by atoms with Crippen LogP contribution in [0.4, 0.5) is 4.39 Å². The SMILES string of the molecule is COC(=O)[C@@H]1C[C@H](Oc2ccccc2F)CN1C(=O)c1cccnc1. The van der Waals surface area contributed by atoms with Gasteiger partial charge in [0.25, 0.3) is 5.91 Å². The number of pyridine rings is 1. The number of ether oxygens (including phenoxy) is 2. The van der Waals surface area contributed by atoms with Gasteiger partial charge in [0, 0.05) is 18.8 Å². The van der Waals surface area contributed by atoms with Crippen LogP contribution in [-0.2, 0) is 9.53 Å². The van der Waals surface area contributed by atoms with Gasteiger partial charge in [0.05, 0.1) is 19.2 Å². The molecule has 0 unspecified atom stereocenters. The summed E-state index contributed by atoms with van der Waals surface area (Å²) in [6.45, 7) is 0.155. The summed E-state index contributed by atoms with van der Waals surface area (Å²) in [7, 11) is 1.26. The molecule has 0 aliphatic carbocycles. The van der Waals surface area contributed by atoms with E-state index in [1.54, 1.807) is 30.5 Å². The van der Waals surface area contributed by atoms with Crippen LogP contribution >= 0.6 is 0 Å². The van der Waals surface area contributed by atoms with Crippen LogP contribution in [0.5, 0.6) is 5.75 Å². The van der Waals surface area contributed by atoms with Crippen molar-refractivity contribution in [1.82, 2.24) is 9.88 Å². The van der Waals surface area contributed by atoms with Gasteiger partial charge < -0.3 is 14.4 Å². The number of likely N-dealkylation sites (tertiary alicyclic amines) is 1. The molecule has 2 atom stereocenters. The van der Waals surface area contributed by atoms with Crippen molar-refractivity contribution in [1.29, 1.82) is 0 Å². The fourth-order valence-electron chi connectivity index (χ4n) is 2.84. The Morgan fingerprint density at radius 3 is 2.72 bits per heavy atom. The van der Waals surface area contributed by atoms with Gasteiger partial charge in [0.15, 0.2) is 11.6 Å². The van der Waals surface area contributed by atoms with E-state index in [9.17, 15) is 14.0 Å². The minimum absolute atomic E-state index is 0.0896. The number of rotatable bonds is 4. The van der Waals surface area contributed by atoms with Gasteiger partial charge in [-0.25, -0.2) is 9.18 Å². The Kier molecular flexibility index (Phi) is 4.92. The molecule has 0 radical (unpaired) electrons. The van der Waals surface area contributed by atoms with Gasteiger partial charge >= 0.3 is 5.97 Å². The zero-order chi connectivity index (χ0) is 17.8. The Labute approximate surface area is 144 Å². The molecule has 1 fully saturated rings. The molecule has 0 saturated carbocycles. The number of hydrogen-bond acceptors (Lipinski definition) is 5. The van der Waals surface area contributed by atoms with Gasteiger partial charge in [-0.2, -0.15) is 0 Å². The highest BCUT2D eigenvalue weighted by atomic mass is 19.1. The number of nitrogens with zero attached hydrogens (tertiary/aromatic N) is 2. The first-order chi connectivity index (χ1) is 12.1. The van der Waals surface area contributed by atoms with Gasteiger partial charge in [-0.05, 0) is 24.3 Å². The number of carbonyl (C=O) groups excluding carboxylic acids is 2. The van der Waals surface area contributed by atoms with Gasteiger partial charge in [0.2, 0.25) is 0 Å². The van der Waals surface area contributed by atoms with Crippen molar-refractivity contribution >= 4 is 11.9 Å². The molecule has 130 valence electrons. The summed E-state index contributed by atoms with van der Waals surface area (Å²) in [4.78, 5) is 30.1. The van der Waals surface area contributed by atoms with Crippen molar-refractivity contribution in [2.45, 2.75) is 18.6 Å². The second-order valence-corrected chi connectivity index (χ2v) is 5.64. The lowest BCUT2D eigenvalue weighted by Crippen LogP contribution is -2.41. The first-order valence-corrected chi connectivity index (χ1v) is 7.80. The van der Waals surface area contributed by atoms with E-state index in [4.69, 9.17) is 9.47 Å². The predicted octanol–water partition coefficient (Wildman–Crippen LogP) is 2.06. The van der Waals surface area contributed by atoms with Crippen molar-refractivity contribution in [3.8, 4) is 5.75 Å². The molecular weight excluding hydrogens is 327 g/mol. The number of amides is 1. The van der Waals surface area contributed by atoms with E-state index in [0.717, 1.165) is 0 Å². The van der Waals surface area contributed by atoms with Gasteiger partial charge in [0.1, 0.15) is 12.1 Å². The lowest BCUT2D eigenvalue weighted by molar-refractivity contribution is -0.145. The minimum Gasteiger partial charge on any atom is -0.485 e. The Morgan fingerprint density at radius 2 is 2.04 bits per heavy atom. The highest BCUT2D eigenvalue weighted by molar-refractivity contribution is 5.97. The standard InChI is InChI=1S/C18H17FN2O4/c1-24-18(23)15-9-13(25-16-7-3-2-6-14(16)19)11-21(15)17(22)12-5-4-8-20-10-12/h2-8,10,13,15H,9,11H2,1H3/t13-,15-/m0/s1. The number of para-hydroxylation sites is 1. The van der Waals surface area contributed by atoms with E-state index in [0.29, 0.717) is 5.56 Å². The molecule has 0 spiro atoms. The van der Waals surface area contributed by atoms with Crippen molar-refractivity contribution < 1.29 is 23.5 Å². The van der Waals surface area contributed by atoms with Crippen molar-refractivity contribution in [2.24, 2.45) is 0 Å². The minimum atomic E-state index is -0.783. The average Bonchev–Trinajstić information content (AvgIpc) is 3.07. The summed E-state index contributed by atoms with van der Waals surface area (Å²) in [6, 6.07) is 8.50. The Balaban J connectivity index is 1.80. The molecule has 0 bridgehead atoms. The lowest BCUT2D eigenvalue weighted by Gasteiger charge is -2.22. The lowest BCUT2D eigenvalue weighted by atomic mass is 10.2. The summed E-state index contributed by atoms with van der Waals surface area (Å²) < 4.78 is 24.2. The molecule has 1 aliphatic heterocycles. The van der Waals surface area contributed by atoms with Crippen LogP contribution in [0.25, 0.3) is 0 Å².